The van der Waals surface area contributed by atoms with E-state index in [1.165, 1.54) is 25.7 Å². The summed E-state index contributed by atoms with van der Waals surface area (Å²) >= 11 is 0. The first-order valence-corrected chi connectivity index (χ1v) is 5.98. The van der Waals surface area contributed by atoms with E-state index in [-0.39, 0.29) is 0 Å². The summed E-state index contributed by atoms with van der Waals surface area (Å²) in [6.45, 7) is 9.33. The van der Waals surface area contributed by atoms with Crippen molar-refractivity contribution in [2.75, 3.05) is 0 Å². The first-order chi connectivity index (χ1) is 6.28. The highest BCUT2D eigenvalue weighted by Crippen LogP contribution is 2.42. The van der Waals surface area contributed by atoms with E-state index in [4.69, 9.17) is 0 Å². The summed E-state index contributed by atoms with van der Waals surface area (Å²) in [5.74, 6) is 2.73. The maximum absolute atomic E-state index is 2.57. The van der Waals surface area contributed by atoms with Crippen LogP contribution in [0.2, 0.25) is 0 Å². The van der Waals surface area contributed by atoms with Crippen LogP contribution in [0.3, 0.4) is 0 Å². The van der Waals surface area contributed by atoms with Crippen LogP contribution in [0.25, 0.3) is 0 Å². The summed E-state index contributed by atoms with van der Waals surface area (Å²) in [7, 11) is 0. The molecule has 0 saturated heterocycles. The summed E-state index contributed by atoms with van der Waals surface area (Å²) in [5.41, 5.74) is 1.74. The second-order valence-corrected chi connectivity index (χ2v) is 4.25. The highest BCUT2D eigenvalue weighted by Gasteiger charge is 2.32. The Morgan fingerprint density at radius 1 is 1.00 bits per heavy atom. The molecule has 0 nitrogen and oxygen atoms in total. The normalized spacial score (nSPS) is 33.5. The topological polar surface area (TPSA) is 0 Å². The van der Waals surface area contributed by atoms with Crippen LogP contribution in [0.15, 0.2) is 11.6 Å². The molecule has 0 bridgehead atoms. The van der Waals surface area contributed by atoms with Crippen molar-refractivity contribution < 1.29 is 0 Å². The quantitative estimate of drug-likeness (QED) is 0.562. The van der Waals surface area contributed by atoms with Crippen LogP contribution in [0.1, 0.15) is 53.4 Å². The molecule has 0 aromatic rings. The van der Waals surface area contributed by atoms with Crippen LogP contribution < -0.4 is 0 Å². The minimum Gasteiger partial charge on any atom is -0.0816 e. The maximum Gasteiger partial charge on any atom is -0.0172 e. The lowest BCUT2D eigenvalue weighted by atomic mass is 9.81. The van der Waals surface area contributed by atoms with Gasteiger partial charge in [-0.05, 0) is 37.0 Å². The van der Waals surface area contributed by atoms with Gasteiger partial charge in [0.2, 0.25) is 0 Å². The van der Waals surface area contributed by atoms with Crippen LogP contribution in [0.4, 0.5) is 0 Å². The largest absolute Gasteiger partial charge is 0.0816 e. The molecule has 0 aromatic heterocycles. The zero-order valence-corrected chi connectivity index (χ0v) is 9.64. The third-order valence-electron chi connectivity index (χ3n) is 3.76. The van der Waals surface area contributed by atoms with E-state index in [9.17, 15) is 0 Å². The second kappa shape index (κ2) is 4.83. The molecule has 0 saturated carbocycles. The molecular weight excluding hydrogens is 156 g/mol. The van der Waals surface area contributed by atoms with Gasteiger partial charge in [0.15, 0.2) is 0 Å². The average molecular weight is 180 g/mol. The first kappa shape index (κ1) is 10.8. The second-order valence-electron chi connectivity index (χ2n) is 4.25. The van der Waals surface area contributed by atoms with E-state index in [0.29, 0.717) is 0 Å². The summed E-state index contributed by atoms with van der Waals surface area (Å²) in [5, 5.41) is 0. The van der Waals surface area contributed by atoms with E-state index in [2.05, 4.69) is 33.8 Å². The van der Waals surface area contributed by atoms with E-state index in [1.807, 2.05) is 0 Å². The van der Waals surface area contributed by atoms with Crippen LogP contribution in [-0.2, 0) is 0 Å². The van der Waals surface area contributed by atoms with Crippen LogP contribution in [0, 0.1) is 17.8 Å². The van der Waals surface area contributed by atoms with Gasteiger partial charge in [0.05, 0.1) is 0 Å². The standard InChI is InChI=1S/C13H24/c1-5-10-9-11(6-2)13(8-4)12(10)7-3/h9-10,12-13H,5-8H2,1-4H3. The number of rotatable bonds is 4. The van der Waals surface area contributed by atoms with Gasteiger partial charge in [-0.2, -0.15) is 0 Å². The summed E-state index contributed by atoms with van der Waals surface area (Å²) in [4.78, 5) is 0. The van der Waals surface area contributed by atoms with Crippen LogP contribution >= 0.6 is 0 Å². The zero-order valence-electron chi connectivity index (χ0n) is 9.64. The molecule has 3 unspecified atom stereocenters. The van der Waals surface area contributed by atoms with Gasteiger partial charge in [-0.3, -0.25) is 0 Å². The maximum atomic E-state index is 2.57. The predicted molar refractivity (Wildman–Crippen MR) is 59.7 cm³/mol. The summed E-state index contributed by atoms with van der Waals surface area (Å²) < 4.78 is 0. The van der Waals surface area contributed by atoms with Gasteiger partial charge in [-0.25, -0.2) is 0 Å². The van der Waals surface area contributed by atoms with Crippen molar-refractivity contribution in [3.63, 3.8) is 0 Å². The van der Waals surface area contributed by atoms with Gasteiger partial charge in [-0.1, -0.05) is 45.8 Å². The Hall–Kier alpha value is -0.260. The third-order valence-corrected chi connectivity index (χ3v) is 3.76. The van der Waals surface area contributed by atoms with Crippen LogP contribution in [0.5, 0.6) is 0 Å². The first-order valence-electron chi connectivity index (χ1n) is 5.98. The molecule has 0 radical (unpaired) electrons. The molecular formula is C13H24. The number of allylic oxidation sites excluding steroid dienone is 2. The van der Waals surface area contributed by atoms with Gasteiger partial charge in [0.1, 0.15) is 0 Å². The SMILES string of the molecule is CCC1=CC(CC)C(CC)C1CC. The fourth-order valence-electron chi connectivity index (χ4n) is 3.05. The van der Waals surface area contributed by atoms with Gasteiger partial charge in [0.25, 0.3) is 0 Å². The molecule has 0 N–H and O–H groups in total. The Kier molecular flexibility index (Phi) is 4.02. The van der Waals surface area contributed by atoms with E-state index >= 15 is 0 Å². The van der Waals surface area contributed by atoms with Crippen molar-refractivity contribution in [2.45, 2.75) is 53.4 Å². The number of hydrogen-bond donors (Lipinski definition) is 0. The molecule has 0 spiro atoms. The van der Waals surface area contributed by atoms with E-state index in [0.717, 1.165) is 17.8 Å². The molecule has 76 valence electrons. The zero-order chi connectivity index (χ0) is 9.84. The molecule has 0 amide bonds. The molecule has 0 fully saturated rings. The average Bonchev–Trinajstić information content (AvgIpc) is 2.54. The Morgan fingerprint density at radius 3 is 2.08 bits per heavy atom. The Morgan fingerprint density at radius 2 is 1.69 bits per heavy atom. The smallest absolute Gasteiger partial charge is 0.0172 e. The van der Waals surface area contributed by atoms with Gasteiger partial charge in [-0.15, -0.1) is 0 Å². The number of hydrogen-bond acceptors (Lipinski definition) is 0. The van der Waals surface area contributed by atoms with Crippen molar-refractivity contribution >= 4 is 0 Å². The van der Waals surface area contributed by atoms with Crippen molar-refractivity contribution in [1.29, 1.82) is 0 Å². The fraction of sp³-hybridized carbons (Fsp3) is 0.846. The predicted octanol–water partition coefficient (Wildman–Crippen LogP) is 4.42. The fourth-order valence-corrected chi connectivity index (χ4v) is 3.05. The monoisotopic (exact) mass is 180 g/mol. The Labute approximate surface area is 83.4 Å². The van der Waals surface area contributed by atoms with Crippen molar-refractivity contribution in [3.8, 4) is 0 Å². The summed E-state index contributed by atoms with van der Waals surface area (Å²) in [6, 6.07) is 0. The minimum absolute atomic E-state index is 0.880. The van der Waals surface area contributed by atoms with Crippen molar-refractivity contribution in [3.05, 3.63) is 11.6 Å². The van der Waals surface area contributed by atoms with E-state index in [1.54, 1.807) is 5.57 Å². The third kappa shape index (κ3) is 1.98. The lowest BCUT2D eigenvalue weighted by molar-refractivity contribution is 0.302. The minimum atomic E-state index is 0.880. The molecule has 0 aromatic carbocycles. The van der Waals surface area contributed by atoms with Crippen molar-refractivity contribution in [2.24, 2.45) is 17.8 Å². The molecule has 0 heteroatoms. The molecule has 0 heterocycles. The lowest BCUT2D eigenvalue weighted by Crippen LogP contribution is -2.15. The van der Waals surface area contributed by atoms with Crippen molar-refractivity contribution in [1.82, 2.24) is 0 Å². The highest BCUT2D eigenvalue weighted by atomic mass is 14.4. The molecule has 13 heavy (non-hydrogen) atoms. The molecule has 1 rings (SSSR count). The molecule has 3 atom stereocenters. The van der Waals surface area contributed by atoms with Gasteiger partial charge in [0, 0.05) is 0 Å². The van der Waals surface area contributed by atoms with Gasteiger partial charge >= 0.3 is 0 Å². The van der Waals surface area contributed by atoms with Crippen LogP contribution in [-0.4, -0.2) is 0 Å². The molecule has 1 aliphatic rings. The van der Waals surface area contributed by atoms with E-state index < -0.39 is 0 Å². The molecule has 0 aliphatic heterocycles. The lowest BCUT2D eigenvalue weighted by Gasteiger charge is -2.24. The molecule has 1 aliphatic carbocycles. The highest BCUT2D eigenvalue weighted by molar-refractivity contribution is 5.17. The van der Waals surface area contributed by atoms with Gasteiger partial charge < -0.3 is 0 Å². The summed E-state index contributed by atoms with van der Waals surface area (Å²) in [6.07, 6.45) is 7.87. The Bertz CT molecular complexity index is 178. The Balaban J connectivity index is 2.75.